The molecule has 0 radical (unpaired) electrons. The number of carbonyl (C=O) groups is 1. The van der Waals surface area contributed by atoms with Crippen LogP contribution < -0.4 is 10.2 Å². The van der Waals surface area contributed by atoms with E-state index in [0.717, 1.165) is 18.2 Å². The van der Waals surface area contributed by atoms with Gasteiger partial charge in [0.15, 0.2) is 0 Å². The largest absolute Gasteiger partial charge is 0.507 e. The number of carbonyl (C=O) groups excluding carboxylic acids is 1. The zero-order valence-electron chi connectivity index (χ0n) is 8.58. The van der Waals surface area contributed by atoms with Gasteiger partial charge in [-0.05, 0) is 12.1 Å². The van der Waals surface area contributed by atoms with Crippen LogP contribution >= 0.6 is 0 Å². The molecule has 0 unspecified atom stereocenters. The van der Waals surface area contributed by atoms with Crippen molar-refractivity contribution in [3.05, 3.63) is 23.8 Å². The molecule has 0 aliphatic carbocycles. The van der Waals surface area contributed by atoms with Crippen molar-refractivity contribution in [3.63, 3.8) is 0 Å². The fourth-order valence-corrected chi connectivity index (χ4v) is 1.65. The van der Waals surface area contributed by atoms with Crippen LogP contribution in [0.15, 0.2) is 18.2 Å². The molecule has 4 nitrogen and oxygen atoms in total. The van der Waals surface area contributed by atoms with Crippen LogP contribution in [-0.4, -0.2) is 24.2 Å². The quantitative estimate of drug-likeness (QED) is 0.795. The average molecular weight is 246 g/mol. The Morgan fingerprint density at radius 1 is 1.35 bits per heavy atom. The Kier molecular flexibility index (Phi) is 2.60. The highest BCUT2D eigenvalue weighted by Gasteiger charge is 2.34. The predicted octanol–water partition coefficient (Wildman–Crippen LogP) is 1.94. The van der Waals surface area contributed by atoms with Gasteiger partial charge in [0.1, 0.15) is 5.75 Å². The molecule has 0 atom stereocenters. The van der Waals surface area contributed by atoms with E-state index in [-0.39, 0.29) is 11.7 Å². The predicted molar refractivity (Wildman–Crippen MR) is 53.9 cm³/mol. The Morgan fingerprint density at radius 3 is 2.53 bits per heavy atom. The van der Waals surface area contributed by atoms with Crippen LogP contribution in [0.4, 0.5) is 23.7 Å². The number of hydrogen-bond acceptors (Lipinski definition) is 2. The maximum atomic E-state index is 12.4. The lowest BCUT2D eigenvalue weighted by atomic mass is 10.1. The minimum atomic E-state index is -4.60. The fourth-order valence-electron chi connectivity index (χ4n) is 1.65. The van der Waals surface area contributed by atoms with E-state index in [1.54, 1.807) is 0 Å². The van der Waals surface area contributed by atoms with Gasteiger partial charge in [-0.25, -0.2) is 4.79 Å². The van der Waals surface area contributed by atoms with Gasteiger partial charge in [-0.15, -0.1) is 0 Å². The molecule has 1 aromatic carbocycles. The summed E-state index contributed by atoms with van der Waals surface area (Å²) in [5, 5.41) is 11.8. The van der Waals surface area contributed by atoms with Crippen molar-refractivity contribution in [1.82, 2.24) is 5.32 Å². The van der Waals surface area contributed by atoms with Gasteiger partial charge >= 0.3 is 12.2 Å². The summed E-state index contributed by atoms with van der Waals surface area (Å²) in [5.41, 5.74) is -0.869. The number of alkyl halides is 3. The monoisotopic (exact) mass is 246 g/mol. The second kappa shape index (κ2) is 3.83. The summed E-state index contributed by atoms with van der Waals surface area (Å²) < 4.78 is 37.1. The molecule has 2 N–H and O–H groups in total. The van der Waals surface area contributed by atoms with E-state index in [1.165, 1.54) is 4.90 Å². The van der Waals surface area contributed by atoms with Crippen LogP contribution in [0.2, 0.25) is 0 Å². The normalized spacial score (nSPS) is 16.2. The van der Waals surface area contributed by atoms with Crippen LogP contribution in [0.1, 0.15) is 5.56 Å². The molecule has 0 saturated carbocycles. The van der Waals surface area contributed by atoms with Crippen LogP contribution in [0.3, 0.4) is 0 Å². The molecule has 1 aromatic rings. The molecular formula is C10H9F3N2O2. The molecule has 7 heteroatoms. The molecule has 1 aliphatic heterocycles. The highest BCUT2D eigenvalue weighted by Crippen LogP contribution is 2.37. The van der Waals surface area contributed by atoms with E-state index in [9.17, 15) is 23.1 Å². The Hall–Kier alpha value is -1.92. The zero-order chi connectivity index (χ0) is 12.6. The van der Waals surface area contributed by atoms with E-state index in [4.69, 9.17) is 0 Å². The number of nitrogens with zero attached hydrogens (tertiary/aromatic N) is 1. The zero-order valence-corrected chi connectivity index (χ0v) is 8.58. The summed E-state index contributed by atoms with van der Waals surface area (Å²) >= 11 is 0. The molecule has 0 spiro atoms. The maximum absolute atomic E-state index is 12.4. The third-order valence-corrected chi connectivity index (χ3v) is 2.46. The second-order valence-electron chi connectivity index (χ2n) is 3.58. The minimum Gasteiger partial charge on any atom is -0.507 e. The Morgan fingerprint density at radius 2 is 2.06 bits per heavy atom. The minimum absolute atomic E-state index is 0.241. The van der Waals surface area contributed by atoms with Crippen LogP contribution in [0, 0.1) is 0 Å². The van der Waals surface area contributed by atoms with Crippen molar-refractivity contribution in [2.75, 3.05) is 18.0 Å². The summed E-state index contributed by atoms with van der Waals surface area (Å²) in [7, 11) is 0. The van der Waals surface area contributed by atoms with Gasteiger partial charge < -0.3 is 10.4 Å². The van der Waals surface area contributed by atoms with Gasteiger partial charge in [-0.1, -0.05) is 0 Å². The first kappa shape index (κ1) is 11.6. The number of phenols is 1. The van der Waals surface area contributed by atoms with E-state index in [1.807, 2.05) is 0 Å². The van der Waals surface area contributed by atoms with Gasteiger partial charge in [-0.2, -0.15) is 13.2 Å². The first-order valence-electron chi connectivity index (χ1n) is 4.85. The molecule has 2 rings (SSSR count). The van der Waals surface area contributed by atoms with Crippen molar-refractivity contribution in [2.45, 2.75) is 6.18 Å². The van der Waals surface area contributed by atoms with Gasteiger partial charge in [0.2, 0.25) is 0 Å². The number of benzene rings is 1. The number of amides is 2. The number of hydrogen-bond donors (Lipinski definition) is 2. The molecule has 92 valence electrons. The van der Waals surface area contributed by atoms with Gasteiger partial charge in [0.05, 0.1) is 5.56 Å². The number of halogens is 3. The van der Waals surface area contributed by atoms with Crippen LogP contribution in [-0.2, 0) is 6.18 Å². The molecular weight excluding hydrogens is 237 g/mol. The van der Waals surface area contributed by atoms with Gasteiger partial charge in [0, 0.05) is 24.8 Å². The van der Waals surface area contributed by atoms with E-state index in [2.05, 4.69) is 5.32 Å². The molecule has 1 heterocycles. The topological polar surface area (TPSA) is 52.6 Å². The molecule has 2 amide bonds. The third-order valence-electron chi connectivity index (χ3n) is 2.46. The summed E-state index contributed by atoms with van der Waals surface area (Å²) in [6.45, 7) is 0.796. The number of aromatic hydroxyl groups is 1. The van der Waals surface area contributed by atoms with Crippen LogP contribution in [0.5, 0.6) is 5.75 Å². The molecule has 1 fully saturated rings. The molecule has 1 aliphatic rings. The van der Waals surface area contributed by atoms with Crippen LogP contribution in [0.25, 0.3) is 0 Å². The van der Waals surface area contributed by atoms with Crippen molar-refractivity contribution in [1.29, 1.82) is 0 Å². The lowest BCUT2D eigenvalue weighted by Crippen LogP contribution is -2.27. The van der Waals surface area contributed by atoms with E-state index >= 15 is 0 Å². The number of nitrogens with one attached hydrogen (secondary N) is 1. The lowest BCUT2D eigenvalue weighted by molar-refractivity contribution is -0.138. The van der Waals surface area contributed by atoms with Gasteiger partial charge in [0.25, 0.3) is 0 Å². The van der Waals surface area contributed by atoms with Gasteiger partial charge in [-0.3, -0.25) is 4.90 Å². The number of phenolic OH excluding ortho intramolecular Hbond substituents is 1. The Labute approximate surface area is 94.6 Å². The third kappa shape index (κ3) is 2.13. The molecule has 1 saturated heterocycles. The number of anilines is 1. The van der Waals surface area contributed by atoms with Crippen molar-refractivity contribution in [2.24, 2.45) is 0 Å². The number of rotatable bonds is 1. The van der Waals surface area contributed by atoms with E-state index < -0.39 is 17.5 Å². The highest BCUT2D eigenvalue weighted by molar-refractivity contribution is 5.94. The summed E-state index contributed by atoms with van der Waals surface area (Å²) in [6.07, 6.45) is -4.60. The van der Waals surface area contributed by atoms with Crippen molar-refractivity contribution in [3.8, 4) is 5.75 Å². The fraction of sp³-hybridized carbons (Fsp3) is 0.300. The first-order valence-corrected chi connectivity index (χ1v) is 4.85. The van der Waals surface area contributed by atoms with Crippen molar-refractivity contribution < 1.29 is 23.1 Å². The molecule has 17 heavy (non-hydrogen) atoms. The first-order chi connectivity index (χ1) is 7.89. The molecule has 0 bridgehead atoms. The second-order valence-corrected chi connectivity index (χ2v) is 3.58. The standard InChI is InChI=1S/C10H9F3N2O2/c11-10(12,13)7-2-1-6(5-8(7)16)15-4-3-14-9(15)17/h1-2,5,16H,3-4H2,(H,14,17). The summed E-state index contributed by atoms with van der Waals surface area (Å²) in [5.74, 6) is -0.880. The lowest BCUT2D eigenvalue weighted by Gasteiger charge is -2.16. The SMILES string of the molecule is O=C1NCCN1c1ccc(C(F)(F)F)c(O)c1. The maximum Gasteiger partial charge on any atom is 0.419 e. The summed E-state index contributed by atoms with van der Waals surface area (Å²) in [6, 6.07) is 2.47. The van der Waals surface area contributed by atoms with Crippen molar-refractivity contribution >= 4 is 11.7 Å². The Balaban J connectivity index is 2.34. The smallest absolute Gasteiger partial charge is 0.419 e. The average Bonchev–Trinajstić information content (AvgIpc) is 2.62. The molecule has 0 aromatic heterocycles. The highest BCUT2D eigenvalue weighted by atomic mass is 19.4. The Bertz CT molecular complexity index is 459. The summed E-state index contributed by atoms with van der Waals surface area (Å²) in [4.78, 5) is 12.5. The van der Waals surface area contributed by atoms with E-state index in [0.29, 0.717) is 13.1 Å². The number of urea groups is 1.